The summed E-state index contributed by atoms with van der Waals surface area (Å²) in [5, 5.41) is 46.5. The van der Waals surface area contributed by atoms with Gasteiger partial charge in [-0.25, -0.2) is 46.4 Å². The molecule has 0 unspecified atom stereocenters. The largest absolute Gasteiger partial charge is 1.00 e. The second-order valence-corrected chi connectivity index (χ2v) is 24.3. The van der Waals surface area contributed by atoms with E-state index < -0.39 is 61.2 Å². The van der Waals surface area contributed by atoms with E-state index >= 15 is 0 Å². The molecule has 2 aromatic carbocycles. The summed E-state index contributed by atoms with van der Waals surface area (Å²) in [6.07, 6.45) is 3.91. The molecule has 0 atom stereocenters. The summed E-state index contributed by atoms with van der Waals surface area (Å²) in [5.74, 6) is 2.69. The van der Waals surface area contributed by atoms with E-state index in [0.717, 1.165) is 11.7 Å². The van der Waals surface area contributed by atoms with Crippen LogP contribution in [0.2, 0.25) is 0 Å². The zero-order valence-corrected chi connectivity index (χ0v) is 51.6. The van der Waals surface area contributed by atoms with Crippen molar-refractivity contribution in [1.29, 1.82) is 0 Å². The molecule has 0 aliphatic heterocycles. The third kappa shape index (κ3) is 22.5. The minimum absolute atomic E-state index is 0. The predicted octanol–water partition coefficient (Wildman–Crippen LogP) is 3.33. The Morgan fingerprint density at radius 1 is 0.762 bits per heavy atom. The Morgan fingerprint density at radius 3 is 1.68 bits per heavy atom. The summed E-state index contributed by atoms with van der Waals surface area (Å²) in [6.45, 7) is 9.82. The zero-order chi connectivity index (χ0) is 58.9. The molecule has 3 heterocycles. The van der Waals surface area contributed by atoms with Gasteiger partial charge in [0.05, 0.1) is 14.6 Å². The van der Waals surface area contributed by atoms with Gasteiger partial charge in [-0.15, -0.1) is 0 Å². The number of nitrogens with two attached hydrogens (primary N) is 1. The molecule has 0 radical (unpaired) electrons. The molecule has 2 saturated carbocycles. The number of aromatic nitrogens is 6. The van der Waals surface area contributed by atoms with Crippen LogP contribution in [0.3, 0.4) is 0 Å². The number of hydrogen-bond acceptors (Lipinski definition) is 22. The first kappa shape index (κ1) is 69.4. The van der Waals surface area contributed by atoms with Crippen molar-refractivity contribution in [2.24, 2.45) is 22.8 Å². The van der Waals surface area contributed by atoms with Crippen LogP contribution < -0.4 is 60.0 Å². The summed E-state index contributed by atoms with van der Waals surface area (Å²) in [7, 11) is -7.15. The summed E-state index contributed by atoms with van der Waals surface area (Å²) < 4.78 is 111. The van der Waals surface area contributed by atoms with E-state index in [1.165, 1.54) is 24.3 Å². The summed E-state index contributed by atoms with van der Waals surface area (Å²) in [6, 6.07) is 7.79. The Hall–Kier alpha value is -4.85. The van der Waals surface area contributed by atoms with Crippen LogP contribution in [-0.4, -0.2) is 111 Å². The van der Waals surface area contributed by atoms with Crippen LogP contribution in [0, 0.1) is 23.5 Å². The first-order valence-electron chi connectivity index (χ1n) is 24.0. The van der Waals surface area contributed by atoms with Crippen molar-refractivity contribution in [1.82, 2.24) is 49.2 Å². The Balaban J connectivity index is 0.000000385. The van der Waals surface area contributed by atoms with Gasteiger partial charge in [-0.05, 0) is 196 Å². The molecule has 35 heteroatoms. The van der Waals surface area contributed by atoms with Crippen LogP contribution in [-0.2, 0) is 49.2 Å². The maximum absolute atomic E-state index is 13.7. The number of halogens is 4. The second kappa shape index (κ2) is 31.5. The van der Waals surface area contributed by atoms with Gasteiger partial charge in [0.1, 0.15) is 39.9 Å². The topological polar surface area (TPSA) is 408 Å². The van der Waals surface area contributed by atoms with Gasteiger partial charge in [0.2, 0.25) is 5.82 Å². The van der Waals surface area contributed by atoms with Crippen molar-refractivity contribution in [2.45, 2.75) is 135 Å². The number of benzene rings is 2. The van der Waals surface area contributed by atoms with Gasteiger partial charge in [0.25, 0.3) is 0 Å². The fourth-order valence-corrected chi connectivity index (χ4v) is 10.9. The number of nitrogens with zero attached hydrogens (tertiary/aromatic N) is 8. The van der Waals surface area contributed by atoms with Crippen LogP contribution in [0.15, 0.2) is 69.1 Å². The number of oxime groups is 1. The van der Waals surface area contributed by atoms with Crippen molar-refractivity contribution >= 4 is 70.2 Å². The molecule has 7 rings (SSSR count). The van der Waals surface area contributed by atoms with Crippen molar-refractivity contribution in [3.8, 4) is 17.2 Å². The first-order chi connectivity index (χ1) is 37.1. The molecule has 5 aromatic rings. The number of aliphatic hydroxyl groups is 1. The number of nitrogens with one attached hydrogen (secondary N) is 4. The molecule has 438 valence electrons. The smallest absolute Gasteiger partial charge is 0.488 e. The molecule has 2 fully saturated rings. The van der Waals surface area contributed by atoms with Crippen LogP contribution in [0.5, 0.6) is 0 Å². The number of ether oxygens (including phenoxy) is 2. The standard InChI is InChI=1S/C22H26BrFN6O7S.C22H29BrFN5O6S.CH4O.H3N2O.Na/c1-22(2,3)35-20(31)29-38(33,34)28-13-6-4-12(5-7-13)10-17-18(26-37-25-17)19-27-36-21(32)30(19)14-8-9-16(24)15(23)11-14;1-22(2,3)34-21(30)29-36(32,33)28-15-7-4-13(5-8-15)11-19-20(27-35-26-19)18(25-31)12-14-6-9-17(24)16(23)10-14;1-2;1-2-3;/h8-9,11-13,28H,4-7,10H2,1-3H3,(H,29,31);6,9-10,13,15,28,31H,4-5,7-8,11-12H2,1-3H3,(H,29,30);2H,1H3;3H,1H2;/q;;;-1;+1/b;25-18+;;;. The Bertz CT molecular complexity index is 3120. The molecule has 0 saturated heterocycles. The van der Waals surface area contributed by atoms with Crippen LogP contribution in [0.4, 0.5) is 18.4 Å². The fraction of sp³-hybridized carbons (Fsp3) is 0.533. The van der Waals surface area contributed by atoms with Gasteiger partial charge in [-0.3, -0.25) is 4.52 Å². The van der Waals surface area contributed by atoms with Gasteiger partial charge in [0, 0.05) is 25.6 Å². The molecule has 0 spiro atoms. The van der Waals surface area contributed by atoms with E-state index in [1.807, 2.05) is 15.0 Å². The Kier molecular flexibility index (Phi) is 27.4. The van der Waals surface area contributed by atoms with E-state index in [1.54, 1.807) is 53.7 Å². The molecule has 9 N–H and O–H groups in total. The minimum Gasteiger partial charge on any atom is -0.488 e. The van der Waals surface area contributed by atoms with Gasteiger partial charge in [0.15, 0.2) is 11.4 Å². The van der Waals surface area contributed by atoms with E-state index in [0.29, 0.717) is 97.0 Å². The molecule has 80 heavy (non-hydrogen) atoms. The molecular formula is C45H62Br2F2N13NaO15S2. The van der Waals surface area contributed by atoms with E-state index in [-0.39, 0.29) is 81.6 Å². The maximum Gasteiger partial charge on any atom is 1.00 e. The molecule has 2 aliphatic rings. The van der Waals surface area contributed by atoms with Gasteiger partial charge in [-0.2, -0.15) is 26.3 Å². The van der Waals surface area contributed by atoms with E-state index in [2.05, 4.69) is 78.1 Å². The second-order valence-electron chi connectivity index (χ2n) is 19.7. The third-order valence-corrected chi connectivity index (χ3v) is 14.7. The van der Waals surface area contributed by atoms with Gasteiger partial charge >= 0.3 is 67.9 Å². The summed E-state index contributed by atoms with van der Waals surface area (Å²) in [4.78, 5) is 36.0. The normalized spacial score (nSPS) is 17.6. The molecule has 28 nitrogen and oxygen atoms in total. The predicted molar refractivity (Wildman–Crippen MR) is 283 cm³/mol. The number of aliphatic hydroxyl groups excluding tert-OH is 1. The van der Waals surface area contributed by atoms with Crippen molar-refractivity contribution in [2.75, 3.05) is 7.11 Å². The van der Waals surface area contributed by atoms with E-state index in [9.17, 15) is 45.2 Å². The summed E-state index contributed by atoms with van der Waals surface area (Å²) in [5.41, 5.74) is 3.11. The number of hydrogen-bond donors (Lipinski definition) is 8. The van der Waals surface area contributed by atoms with Crippen molar-refractivity contribution < 1.29 is 104 Å². The van der Waals surface area contributed by atoms with Crippen LogP contribution >= 0.6 is 31.9 Å². The number of carbonyl (C=O) groups is 2. The Morgan fingerprint density at radius 2 is 1.21 bits per heavy atom. The van der Waals surface area contributed by atoms with Gasteiger partial charge < -0.3 is 36.4 Å². The molecule has 2 amide bonds. The minimum atomic E-state index is -4.09. The average molecular weight is 1310 g/mol. The van der Waals surface area contributed by atoms with Crippen molar-refractivity contribution in [3.05, 3.63) is 95.8 Å². The maximum atomic E-state index is 13.7. The molecule has 3 aromatic heterocycles. The van der Waals surface area contributed by atoms with E-state index in [4.69, 9.17) is 33.6 Å². The third-order valence-electron chi connectivity index (χ3n) is 11.4. The fourth-order valence-electron chi connectivity index (χ4n) is 8.16. The zero-order valence-electron chi connectivity index (χ0n) is 44.8. The van der Waals surface area contributed by atoms with Crippen LogP contribution in [0.1, 0.15) is 116 Å². The molecule has 2 aliphatic carbocycles. The SMILES string of the molecule is CC(C)(C)OC(=O)NS(=O)(=O)NC1CCC(Cc2nonc2-c2noc(=O)n2-c2ccc(F)c(Br)c2)CC1.CC(C)(C)OC(=O)NS(=O)(=O)NC1CCC(Cc2nonc2/C(Cc2ccc(F)c(Br)c2)=N/O)CC1.CO.N[N-]O.[Na+]. The molecule has 0 bridgehead atoms. The Labute approximate surface area is 497 Å². The first-order valence-corrected chi connectivity index (χ1v) is 28.5. The number of carbonyl (C=O) groups excluding carboxylic acids is 2. The number of amides is 2. The molecular weight excluding hydrogens is 1250 g/mol. The van der Waals surface area contributed by atoms with Crippen LogP contribution in [0.25, 0.3) is 22.8 Å². The van der Waals surface area contributed by atoms with Gasteiger partial charge in [-0.1, -0.05) is 26.7 Å². The van der Waals surface area contributed by atoms with Crippen molar-refractivity contribution in [3.63, 3.8) is 0 Å². The number of rotatable bonds is 15. The quantitative estimate of drug-likeness (QED) is 0.0245. The summed E-state index contributed by atoms with van der Waals surface area (Å²) >= 11 is 6.24. The monoisotopic (exact) mass is 1310 g/mol. The average Bonchev–Trinajstić information content (AvgIpc) is 4.11.